The summed E-state index contributed by atoms with van der Waals surface area (Å²) in [6, 6.07) is 8.28. The third kappa shape index (κ3) is 7.06. The molecular formula is C21H14F6O2. The highest BCUT2D eigenvalue weighted by Crippen LogP contribution is 2.30. The summed E-state index contributed by atoms with van der Waals surface area (Å²) in [5.74, 6) is -1.13. The molecule has 0 aromatic heterocycles. The summed E-state index contributed by atoms with van der Waals surface area (Å²) in [5, 5.41) is 0. The Morgan fingerprint density at radius 1 is 0.621 bits per heavy atom. The minimum absolute atomic E-state index is 0.360. The Kier molecular flexibility index (Phi) is 6.79. The Morgan fingerprint density at radius 2 is 0.931 bits per heavy atom. The van der Waals surface area contributed by atoms with Crippen molar-refractivity contribution < 1.29 is 35.9 Å². The zero-order valence-corrected chi connectivity index (χ0v) is 14.7. The number of alkyl halides is 6. The molecule has 0 aliphatic carbocycles. The number of hydrogen-bond acceptors (Lipinski definition) is 2. The van der Waals surface area contributed by atoms with Crippen molar-refractivity contribution in [3.63, 3.8) is 0 Å². The summed E-state index contributed by atoms with van der Waals surface area (Å²) in [6.07, 6.45) is -4.66. The number of ketones is 2. The van der Waals surface area contributed by atoms with Crippen molar-refractivity contribution >= 4 is 23.7 Å². The fourth-order valence-corrected chi connectivity index (χ4v) is 2.23. The minimum Gasteiger partial charge on any atom is -0.294 e. The van der Waals surface area contributed by atoms with Gasteiger partial charge in [-0.1, -0.05) is 36.4 Å². The van der Waals surface area contributed by atoms with Crippen molar-refractivity contribution in [2.24, 2.45) is 0 Å². The molecule has 0 amide bonds. The quantitative estimate of drug-likeness (QED) is 0.332. The number of carbonyl (C=O) groups is 2. The van der Waals surface area contributed by atoms with Gasteiger partial charge in [-0.15, -0.1) is 0 Å². The Labute approximate surface area is 162 Å². The molecule has 0 bridgehead atoms. The van der Waals surface area contributed by atoms with Gasteiger partial charge in [-0.25, -0.2) is 0 Å². The summed E-state index contributed by atoms with van der Waals surface area (Å²) >= 11 is 0. The number of carbonyl (C=O) groups excluding carboxylic acids is 2. The van der Waals surface area contributed by atoms with Crippen molar-refractivity contribution in [2.45, 2.75) is 18.8 Å². The highest BCUT2D eigenvalue weighted by atomic mass is 19.4. The molecule has 0 radical (unpaired) electrons. The zero-order chi connectivity index (χ0) is 21.7. The topological polar surface area (TPSA) is 34.1 Å². The smallest absolute Gasteiger partial charge is 0.294 e. The van der Waals surface area contributed by atoms with Gasteiger partial charge in [-0.2, -0.15) is 26.3 Å². The number of halogens is 6. The molecule has 29 heavy (non-hydrogen) atoms. The lowest BCUT2D eigenvalue weighted by Crippen LogP contribution is -2.04. The average molecular weight is 412 g/mol. The molecule has 0 heterocycles. The van der Waals surface area contributed by atoms with Crippen LogP contribution in [-0.4, -0.2) is 11.6 Å². The van der Waals surface area contributed by atoms with Gasteiger partial charge in [0.25, 0.3) is 0 Å². The van der Waals surface area contributed by atoms with Gasteiger partial charge in [0.2, 0.25) is 0 Å². The molecular weight excluding hydrogens is 398 g/mol. The van der Waals surface area contributed by atoms with Gasteiger partial charge < -0.3 is 0 Å². The first kappa shape index (κ1) is 22.1. The van der Waals surface area contributed by atoms with Gasteiger partial charge in [0.15, 0.2) is 11.6 Å². The van der Waals surface area contributed by atoms with Crippen molar-refractivity contribution in [2.75, 3.05) is 0 Å². The summed E-state index contributed by atoms with van der Waals surface area (Å²) in [7, 11) is 0. The average Bonchev–Trinajstić information content (AvgIpc) is 2.64. The van der Waals surface area contributed by atoms with Crippen LogP contribution in [0.5, 0.6) is 0 Å². The minimum atomic E-state index is -4.45. The van der Waals surface area contributed by atoms with Gasteiger partial charge in [0.1, 0.15) is 0 Å². The van der Waals surface area contributed by atoms with Crippen LogP contribution in [0.2, 0.25) is 0 Å². The lowest BCUT2D eigenvalue weighted by molar-refractivity contribution is -0.138. The molecule has 2 aromatic rings. The summed E-state index contributed by atoms with van der Waals surface area (Å²) < 4.78 is 74.9. The molecule has 0 saturated heterocycles. The second-order valence-electron chi connectivity index (χ2n) is 6.02. The monoisotopic (exact) mass is 412 g/mol. The Balaban J connectivity index is 1.91. The Bertz CT molecular complexity index is 840. The van der Waals surface area contributed by atoms with E-state index < -0.39 is 41.5 Å². The predicted molar refractivity (Wildman–Crippen MR) is 95.6 cm³/mol. The lowest BCUT2D eigenvalue weighted by Gasteiger charge is -2.05. The number of rotatable bonds is 6. The van der Waals surface area contributed by atoms with Crippen LogP contribution in [0.3, 0.4) is 0 Å². The van der Waals surface area contributed by atoms with E-state index in [0.717, 1.165) is 36.4 Å². The number of allylic oxidation sites excluding steroid dienone is 2. The highest BCUT2D eigenvalue weighted by Gasteiger charge is 2.30. The van der Waals surface area contributed by atoms with Crippen molar-refractivity contribution in [1.29, 1.82) is 0 Å². The summed E-state index contributed by atoms with van der Waals surface area (Å²) in [4.78, 5) is 23.5. The molecule has 0 N–H and O–H groups in total. The van der Waals surface area contributed by atoms with E-state index in [1.807, 2.05) is 0 Å². The molecule has 0 unspecified atom stereocenters. The van der Waals surface area contributed by atoms with Gasteiger partial charge in [0, 0.05) is 0 Å². The fraction of sp³-hybridized carbons (Fsp3) is 0.143. The zero-order valence-electron chi connectivity index (χ0n) is 14.7. The van der Waals surface area contributed by atoms with Gasteiger partial charge >= 0.3 is 12.4 Å². The van der Waals surface area contributed by atoms with E-state index in [0.29, 0.717) is 11.1 Å². The molecule has 2 nitrogen and oxygen atoms in total. The van der Waals surface area contributed by atoms with E-state index >= 15 is 0 Å². The maximum Gasteiger partial charge on any atom is 0.416 e. The molecule has 2 aromatic carbocycles. The third-order valence-electron chi connectivity index (χ3n) is 3.75. The van der Waals surface area contributed by atoms with E-state index in [1.54, 1.807) is 0 Å². The SMILES string of the molecule is O=C(/C=C/c1ccc(C(F)(F)F)cc1)CC(=O)/C=C/c1ccc(C(F)(F)F)cc1. The standard InChI is InChI=1S/C21H14F6O2/c22-20(23,24)16-7-1-14(2-8-16)5-11-18(28)13-19(29)12-6-15-3-9-17(10-4-15)21(25,26)27/h1-12H,13H2/b11-5+,12-6+. The van der Waals surface area contributed by atoms with E-state index in [1.165, 1.54) is 36.4 Å². The molecule has 152 valence electrons. The van der Waals surface area contributed by atoms with Crippen LogP contribution in [-0.2, 0) is 21.9 Å². The van der Waals surface area contributed by atoms with Crippen LogP contribution in [0.15, 0.2) is 60.7 Å². The van der Waals surface area contributed by atoms with E-state index in [2.05, 4.69) is 0 Å². The van der Waals surface area contributed by atoms with Crippen LogP contribution >= 0.6 is 0 Å². The summed E-state index contributed by atoms with van der Waals surface area (Å²) in [5.41, 5.74) is -0.910. The van der Waals surface area contributed by atoms with Crippen molar-refractivity contribution in [1.82, 2.24) is 0 Å². The number of benzene rings is 2. The maximum atomic E-state index is 12.5. The molecule has 0 fully saturated rings. The molecule has 0 aliphatic heterocycles. The molecule has 0 atom stereocenters. The fourth-order valence-electron chi connectivity index (χ4n) is 2.23. The van der Waals surface area contributed by atoms with E-state index in [9.17, 15) is 35.9 Å². The predicted octanol–water partition coefficient (Wildman–Crippen LogP) is 5.98. The van der Waals surface area contributed by atoms with Crippen molar-refractivity contribution in [3.05, 3.63) is 82.9 Å². The first-order chi connectivity index (χ1) is 13.4. The van der Waals surface area contributed by atoms with Crippen LogP contribution in [0.1, 0.15) is 28.7 Å². The largest absolute Gasteiger partial charge is 0.416 e. The van der Waals surface area contributed by atoms with Crippen LogP contribution in [0.25, 0.3) is 12.2 Å². The molecule has 8 heteroatoms. The normalized spacial score (nSPS) is 12.6. The van der Waals surface area contributed by atoms with Crippen LogP contribution in [0.4, 0.5) is 26.3 Å². The second-order valence-corrected chi connectivity index (χ2v) is 6.02. The lowest BCUT2D eigenvalue weighted by atomic mass is 10.1. The summed E-state index contributed by atoms with van der Waals surface area (Å²) in [6.45, 7) is 0. The number of hydrogen-bond donors (Lipinski definition) is 0. The van der Waals surface area contributed by atoms with Gasteiger partial charge in [0.05, 0.1) is 17.5 Å². The van der Waals surface area contributed by atoms with Crippen molar-refractivity contribution in [3.8, 4) is 0 Å². The first-order valence-electron chi connectivity index (χ1n) is 8.21. The van der Waals surface area contributed by atoms with Gasteiger partial charge in [-0.05, 0) is 47.5 Å². The molecule has 0 saturated carbocycles. The van der Waals surface area contributed by atoms with E-state index in [-0.39, 0.29) is 0 Å². The van der Waals surface area contributed by atoms with Crippen LogP contribution in [0, 0.1) is 0 Å². The first-order valence-corrected chi connectivity index (χ1v) is 8.21. The van der Waals surface area contributed by atoms with Crippen LogP contribution < -0.4 is 0 Å². The molecule has 0 spiro atoms. The Hall–Kier alpha value is -3.16. The Morgan fingerprint density at radius 3 is 1.21 bits per heavy atom. The van der Waals surface area contributed by atoms with Gasteiger partial charge in [-0.3, -0.25) is 9.59 Å². The maximum absolute atomic E-state index is 12.5. The molecule has 2 rings (SSSR count). The second kappa shape index (κ2) is 8.89. The third-order valence-corrected chi connectivity index (χ3v) is 3.75. The highest BCUT2D eigenvalue weighted by molar-refractivity contribution is 6.10. The molecule has 0 aliphatic rings. The van der Waals surface area contributed by atoms with E-state index in [4.69, 9.17) is 0 Å².